The predicted octanol–water partition coefficient (Wildman–Crippen LogP) is 10.2. The van der Waals surface area contributed by atoms with E-state index in [2.05, 4.69) is 68.0 Å². The fourth-order valence-corrected chi connectivity index (χ4v) is 13.8. The molecule has 294 valence electrons. The summed E-state index contributed by atoms with van der Waals surface area (Å²) in [6, 6.07) is 6.86. The van der Waals surface area contributed by atoms with Gasteiger partial charge in [-0.1, -0.05) is 71.7 Å². The smallest absolute Gasteiger partial charge is 0.422 e. The SMILES string of the molecule is CC(C)[Si](C#Cc1c(F)ccc2cccc(-c3ncc4c(N5C[C@H]6CC[C@@H](C5)N6C(=O)OC(C)(C)C)nc(OCC(F)(F)F)nc4c3F)c12)(C(C)C)C(C)C. The van der Waals surface area contributed by atoms with E-state index in [-0.39, 0.29) is 75.3 Å². The largest absolute Gasteiger partial charge is 0.454 e. The minimum atomic E-state index is -4.70. The topological polar surface area (TPSA) is 80.7 Å². The number of fused-ring (bicyclic) bond motifs is 4. The molecule has 0 aliphatic carbocycles. The number of amides is 1. The Bertz CT molecular complexity index is 2140. The first-order valence-corrected chi connectivity index (χ1v) is 21.0. The lowest BCUT2D eigenvalue weighted by Crippen LogP contribution is -2.57. The fraction of sp³-hybridized carbons (Fsp3) is 0.512. The summed E-state index contributed by atoms with van der Waals surface area (Å²) in [6.45, 7) is 17.2. The number of piperazine rings is 1. The van der Waals surface area contributed by atoms with Gasteiger partial charge in [-0.05, 0) is 61.7 Å². The quantitative estimate of drug-likeness (QED) is 0.105. The standard InChI is InChI=1S/C41H48F5N5O3Si/c1-23(2)55(24(3)4,25(5)6)18-17-29-32(42)16-13-26-11-10-12-30(33(26)29)35-34(43)36-31(19-47-35)37(49-38(48-36)53-22-41(44,45)46)50-20-27-14-15-28(21-50)51(27)39(52)54-40(7,8)9/h10-13,16,19,23-25,27-28H,14-15,20-22H2,1-9H3/t27-,28+. The Hall–Kier alpha value is -4.51. The number of anilines is 1. The maximum Gasteiger partial charge on any atom is 0.422 e. The van der Waals surface area contributed by atoms with Crippen molar-refractivity contribution in [3.8, 4) is 28.7 Å². The molecule has 2 aromatic heterocycles. The van der Waals surface area contributed by atoms with E-state index in [4.69, 9.17) is 9.47 Å². The highest BCUT2D eigenvalue weighted by molar-refractivity contribution is 6.90. The molecular weight excluding hydrogens is 734 g/mol. The highest BCUT2D eigenvalue weighted by Gasteiger charge is 2.45. The third-order valence-corrected chi connectivity index (χ3v) is 17.2. The van der Waals surface area contributed by atoms with Crippen LogP contribution in [0.1, 0.15) is 80.7 Å². The van der Waals surface area contributed by atoms with Gasteiger partial charge < -0.3 is 14.4 Å². The number of aromatic nitrogens is 3. The van der Waals surface area contributed by atoms with Crippen LogP contribution in [0.15, 0.2) is 36.5 Å². The van der Waals surface area contributed by atoms with Gasteiger partial charge in [0.1, 0.15) is 36.5 Å². The molecule has 2 bridgehead atoms. The van der Waals surface area contributed by atoms with Crippen LogP contribution in [0.5, 0.6) is 6.01 Å². The van der Waals surface area contributed by atoms with Gasteiger partial charge in [-0.15, -0.1) is 5.54 Å². The van der Waals surface area contributed by atoms with E-state index in [9.17, 15) is 18.0 Å². The summed E-state index contributed by atoms with van der Waals surface area (Å²) in [5.74, 6) is 1.88. The third kappa shape index (κ3) is 7.82. The minimum Gasteiger partial charge on any atom is -0.454 e. The van der Waals surface area contributed by atoms with Gasteiger partial charge in [-0.2, -0.15) is 23.1 Å². The molecule has 0 unspecified atom stereocenters. The molecule has 0 saturated carbocycles. The summed E-state index contributed by atoms with van der Waals surface area (Å²) < 4.78 is 83.7. The first-order chi connectivity index (χ1) is 25.7. The molecule has 2 atom stereocenters. The van der Waals surface area contributed by atoms with E-state index >= 15 is 8.78 Å². The Morgan fingerprint density at radius 1 is 0.945 bits per heavy atom. The van der Waals surface area contributed by atoms with Gasteiger partial charge in [0.25, 0.3) is 0 Å². The number of rotatable bonds is 7. The second-order valence-electron chi connectivity index (χ2n) is 16.6. The van der Waals surface area contributed by atoms with Gasteiger partial charge >= 0.3 is 18.3 Å². The Balaban J connectivity index is 1.50. The van der Waals surface area contributed by atoms with Crippen LogP contribution in [0.4, 0.5) is 32.6 Å². The van der Waals surface area contributed by atoms with Crippen LogP contribution >= 0.6 is 0 Å². The average molecular weight is 782 g/mol. The normalized spacial score (nSPS) is 17.8. The van der Waals surface area contributed by atoms with Crippen molar-refractivity contribution in [1.29, 1.82) is 0 Å². The second kappa shape index (κ2) is 14.9. The molecule has 2 saturated heterocycles. The van der Waals surface area contributed by atoms with Crippen molar-refractivity contribution in [3.63, 3.8) is 0 Å². The predicted molar refractivity (Wildman–Crippen MR) is 207 cm³/mol. The number of alkyl halides is 3. The summed E-state index contributed by atoms with van der Waals surface area (Å²) in [4.78, 5) is 29.7. The van der Waals surface area contributed by atoms with E-state index in [1.807, 2.05) is 4.90 Å². The summed E-state index contributed by atoms with van der Waals surface area (Å²) in [6.07, 6.45) is -2.41. The van der Waals surface area contributed by atoms with E-state index in [0.717, 1.165) is 0 Å². The molecule has 0 N–H and O–H groups in total. The van der Waals surface area contributed by atoms with Crippen LogP contribution in [0.2, 0.25) is 16.6 Å². The van der Waals surface area contributed by atoms with Gasteiger partial charge in [0.15, 0.2) is 12.4 Å². The lowest BCUT2D eigenvalue weighted by atomic mass is 9.96. The molecule has 2 aliphatic rings. The van der Waals surface area contributed by atoms with Crippen LogP contribution in [-0.2, 0) is 4.74 Å². The van der Waals surface area contributed by atoms with Crippen molar-refractivity contribution in [3.05, 3.63) is 53.7 Å². The lowest BCUT2D eigenvalue weighted by molar-refractivity contribution is -0.154. The molecular formula is C41H48F5N5O3Si. The maximum atomic E-state index is 17.1. The van der Waals surface area contributed by atoms with Crippen molar-refractivity contribution in [2.45, 2.75) is 116 Å². The number of nitrogens with zero attached hydrogens (tertiary/aromatic N) is 5. The van der Waals surface area contributed by atoms with Gasteiger partial charge in [0.2, 0.25) is 0 Å². The van der Waals surface area contributed by atoms with E-state index in [1.54, 1.807) is 49.9 Å². The van der Waals surface area contributed by atoms with Crippen molar-refractivity contribution < 1.29 is 36.2 Å². The summed E-state index contributed by atoms with van der Waals surface area (Å²) in [5.41, 5.74) is 3.65. The Morgan fingerprint density at radius 3 is 2.16 bits per heavy atom. The van der Waals surface area contributed by atoms with Crippen molar-refractivity contribution in [2.75, 3.05) is 24.6 Å². The number of ether oxygens (including phenoxy) is 2. The number of hydrogen-bond acceptors (Lipinski definition) is 7. The zero-order valence-electron chi connectivity index (χ0n) is 32.7. The first kappa shape index (κ1) is 40.2. The van der Waals surface area contributed by atoms with Crippen molar-refractivity contribution in [1.82, 2.24) is 19.9 Å². The molecule has 6 rings (SSSR count). The third-order valence-electron chi connectivity index (χ3n) is 10.9. The summed E-state index contributed by atoms with van der Waals surface area (Å²) in [7, 11) is -2.30. The summed E-state index contributed by atoms with van der Waals surface area (Å²) in [5, 5.41) is 1.14. The fourth-order valence-electron chi connectivity index (χ4n) is 8.63. The minimum absolute atomic E-state index is 0.129. The summed E-state index contributed by atoms with van der Waals surface area (Å²) >= 11 is 0. The molecule has 4 heterocycles. The Labute approximate surface area is 319 Å². The van der Waals surface area contributed by atoms with Crippen LogP contribution in [-0.4, -0.2) is 77.6 Å². The number of carbonyl (C=O) groups is 1. The molecule has 14 heteroatoms. The van der Waals surface area contributed by atoms with Crippen molar-refractivity contribution >= 4 is 41.7 Å². The first-order valence-electron chi connectivity index (χ1n) is 18.8. The van der Waals surface area contributed by atoms with Crippen molar-refractivity contribution in [2.24, 2.45) is 0 Å². The number of halogens is 5. The number of benzene rings is 2. The van der Waals surface area contributed by atoms with E-state index in [0.29, 0.717) is 23.6 Å². The molecule has 8 nitrogen and oxygen atoms in total. The van der Waals surface area contributed by atoms with Gasteiger partial charge in [-0.25, -0.2) is 13.6 Å². The van der Waals surface area contributed by atoms with Crippen LogP contribution in [0, 0.1) is 23.1 Å². The monoisotopic (exact) mass is 781 g/mol. The Morgan fingerprint density at radius 2 is 1.58 bits per heavy atom. The molecule has 0 radical (unpaired) electrons. The van der Waals surface area contributed by atoms with E-state index < -0.39 is 50.2 Å². The number of hydrogen-bond donors (Lipinski definition) is 0. The lowest BCUT2D eigenvalue weighted by Gasteiger charge is -2.42. The Kier molecular flexibility index (Phi) is 10.8. The van der Waals surface area contributed by atoms with Gasteiger partial charge in [0, 0.05) is 30.2 Å². The number of pyridine rings is 1. The molecule has 0 spiro atoms. The molecule has 2 aliphatic heterocycles. The molecule has 2 fully saturated rings. The second-order valence-corrected chi connectivity index (χ2v) is 22.1. The highest BCUT2D eigenvalue weighted by atomic mass is 28.3. The number of carbonyl (C=O) groups excluding carboxylic acids is 1. The van der Waals surface area contributed by atoms with Gasteiger partial charge in [0.05, 0.1) is 23.0 Å². The average Bonchev–Trinajstić information content (AvgIpc) is 3.36. The van der Waals surface area contributed by atoms with Gasteiger partial charge in [-0.3, -0.25) is 9.88 Å². The van der Waals surface area contributed by atoms with Crippen LogP contribution in [0.3, 0.4) is 0 Å². The molecule has 1 amide bonds. The molecule has 4 aromatic rings. The molecule has 55 heavy (non-hydrogen) atoms. The van der Waals surface area contributed by atoms with Crippen LogP contribution in [0.25, 0.3) is 32.9 Å². The zero-order valence-corrected chi connectivity index (χ0v) is 33.7. The zero-order chi connectivity index (χ0) is 40.2. The highest BCUT2D eigenvalue weighted by Crippen LogP contribution is 2.42. The van der Waals surface area contributed by atoms with E-state index in [1.165, 1.54) is 12.3 Å². The van der Waals surface area contributed by atoms with Crippen LogP contribution < -0.4 is 9.64 Å². The maximum absolute atomic E-state index is 17.1. The molecule has 2 aromatic carbocycles.